The predicted molar refractivity (Wildman–Crippen MR) is 56.6 cm³/mol. The summed E-state index contributed by atoms with van der Waals surface area (Å²) in [6, 6.07) is 0.384. The van der Waals surface area contributed by atoms with Crippen molar-refractivity contribution in [2.75, 3.05) is 0 Å². The third kappa shape index (κ3) is 1.54. The summed E-state index contributed by atoms with van der Waals surface area (Å²) in [6.45, 7) is 4.27. The lowest BCUT2D eigenvalue weighted by Gasteiger charge is -2.27. The van der Waals surface area contributed by atoms with E-state index in [1.165, 1.54) is 25.0 Å². The van der Waals surface area contributed by atoms with E-state index in [0.29, 0.717) is 17.8 Å². The van der Waals surface area contributed by atoms with Gasteiger partial charge in [-0.15, -0.1) is 16.7 Å². The summed E-state index contributed by atoms with van der Waals surface area (Å²) in [5.74, 6) is 1.14. The molecule has 0 aliphatic heterocycles. The first kappa shape index (κ1) is 9.97. The Hall–Kier alpha value is -0.570. The first-order valence-corrected chi connectivity index (χ1v) is 5.77. The molecule has 0 radical (unpaired) electrons. The normalized spacial score (nSPS) is 17.4. The number of nitrogens with zero attached hydrogens (tertiary/aromatic N) is 3. The van der Waals surface area contributed by atoms with Crippen LogP contribution in [0.1, 0.15) is 56.5 Å². The first-order valence-electron chi connectivity index (χ1n) is 5.24. The van der Waals surface area contributed by atoms with Gasteiger partial charge in [-0.25, -0.2) is 4.68 Å². The van der Waals surface area contributed by atoms with E-state index in [1.807, 2.05) is 4.68 Å². The molecule has 14 heavy (non-hydrogen) atoms. The Balaban J connectivity index is 2.35. The van der Waals surface area contributed by atoms with Crippen LogP contribution < -0.4 is 0 Å². The predicted octanol–water partition coefficient (Wildman–Crippen LogP) is 2.87. The SMILES string of the molecule is CC(C)n1nnc(CCl)c1C1CCC1. The minimum Gasteiger partial charge on any atom is -0.246 e. The highest BCUT2D eigenvalue weighted by Crippen LogP contribution is 2.38. The molecule has 1 fully saturated rings. The Bertz CT molecular complexity index is 315. The van der Waals surface area contributed by atoms with Crippen LogP contribution in [0.5, 0.6) is 0 Å². The van der Waals surface area contributed by atoms with Gasteiger partial charge in [0.2, 0.25) is 0 Å². The van der Waals surface area contributed by atoms with Crippen LogP contribution in [-0.4, -0.2) is 15.0 Å². The molecule has 0 amide bonds. The van der Waals surface area contributed by atoms with E-state index >= 15 is 0 Å². The highest BCUT2D eigenvalue weighted by Gasteiger charge is 2.27. The molecule has 0 spiro atoms. The van der Waals surface area contributed by atoms with Crippen molar-refractivity contribution in [3.05, 3.63) is 11.4 Å². The first-order chi connectivity index (χ1) is 6.74. The molecule has 1 aliphatic carbocycles. The van der Waals surface area contributed by atoms with Gasteiger partial charge in [0.1, 0.15) is 5.69 Å². The third-order valence-electron chi connectivity index (χ3n) is 2.91. The van der Waals surface area contributed by atoms with E-state index in [-0.39, 0.29) is 0 Å². The fourth-order valence-corrected chi connectivity index (χ4v) is 2.11. The van der Waals surface area contributed by atoms with E-state index in [0.717, 1.165) is 5.69 Å². The molecular formula is C10H16ClN3. The molecule has 2 rings (SSSR count). The summed E-state index contributed by atoms with van der Waals surface area (Å²) in [5, 5.41) is 8.31. The smallest absolute Gasteiger partial charge is 0.101 e. The monoisotopic (exact) mass is 213 g/mol. The summed E-state index contributed by atoms with van der Waals surface area (Å²) in [5.41, 5.74) is 2.26. The second-order valence-electron chi connectivity index (χ2n) is 4.22. The second-order valence-corrected chi connectivity index (χ2v) is 4.49. The number of hydrogen-bond donors (Lipinski definition) is 0. The summed E-state index contributed by atoms with van der Waals surface area (Å²) < 4.78 is 2.03. The number of halogens is 1. The Morgan fingerprint density at radius 1 is 1.50 bits per heavy atom. The van der Waals surface area contributed by atoms with E-state index in [1.54, 1.807) is 0 Å². The van der Waals surface area contributed by atoms with Crippen LogP contribution in [0.2, 0.25) is 0 Å². The summed E-state index contributed by atoms with van der Waals surface area (Å²) in [6.07, 6.45) is 3.86. The van der Waals surface area contributed by atoms with E-state index in [9.17, 15) is 0 Å². The lowest BCUT2D eigenvalue weighted by Crippen LogP contribution is -2.17. The molecular weight excluding hydrogens is 198 g/mol. The maximum absolute atomic E-state index is 5.86. The number of hydrogen-bond acceptors (Lipinski definition) is 2. The van der Waals surface area contributed by atoms with Gasteiger partial charge in [0.05, 0.1) is 11.6 Å². The molecule has 78 valence electrons. The van der Waals surface area contributed by atoms with Crippen molar-refractivity contribution >= 4 is 11.6 Å². The zero-order valence-electron chi connectivity index (χ0n) is 8.70. The van der Waals surface area contributed by atoms with Crippen molar-refractivity contribution < 1.29 is 0 Å². The minimum absolute atomic E-state index is 0.384. The quantitative estimate of drug-likeness (QED) is 0.723. The average molecular weight is 214 g/mol. The van der Waals surface area contributed by atoms with Gasteiger partial charge in [-0.2, -0.15) is 0 Å². The molecule has 1 aromatic heterocycles. The topological polar surface area (TPSA) is 30.7 Å². The molecule has 1 heterocycles. The summed E-state index contributed by atoms with van der Waals surface area (Å²) in [4.78, 5) is 0. The zero-order valence-corrected chi connectivity index (χ0v) is 9.46. The minimum atomic E-state index is 0.384. The molecule has 1 saturated carbocycles. The van der Waals surface area contributed by atoms with Gasteiger partial charge >= 0.3 is 0 Å². The van der Waals surface area contributed by atoms with Gasteiger partial charge < -0.3 is 0 Å². The lowest BCUT2D eigenvalue weighted by molar-refractivity contribution is 0.373. The second kappa shape index (κ2) is 3.89. The summed E-state index contributed by atoms with van der Waals surface area (Å²) in [7, 11) is 0. The van der Waals surface area contributed by atoms with Crippen LogP contribution in [0, 0.1) is 0 Å². The third-order valence-corrected chi connectivity index (χ3v) is 3.17. The Morgan fingerprint density at radius 3 is 2.64 bits per heavy atom. The van der Waals surface area contributed by atoms with Crippen LogP contribution in [0.3, 0.4) is 0 Å². The van der Waals surface area contributed by atoms with E-state index in [2.05, 4.69) is 24.2 Å². The molecule has 1 aliphatic rings. The van der Waals surface area contributed by atoms with Crippen molar-refractivity contribution in [1.82, 2.24) is 15.0 Å². The average Bonchev–Trinajstić information content (AvgIpc) is 2.45. The maximum atomic E-state index is 5.86. The van der Waals surface area contributed by atoms with Gasteiger partial charge in [-0.3, -0.25) is 0 Å². The fourth-order valence-electron chi connectivity index (χ4n) is 1.91. The van der Waals surface area contributed by atoms with Crippen molar-refractivity contribution in [1.29, 1.82) is 0 Å². The van der Waals surface area contributed by atoms with Crippen molar-refractivity contribution in [2.24, 2.45) is 0 Å². The zero-order chi connectivity index (χ0) is 10.1. The van der Waals surface area contributed by atoms with Gasteiger partial charge in [0, 0.05) is 12.0 Å². The molecule has 0 N–H and O–H groups in total. The largest absolute Gasteiger partial charge is 0.246 e. The molecule has 3 nitrogen and oxygen atoms in total. The van der Waals surface area contributed by atoms with E-state index < -0.39 is 0 Å². The number of alkyl halides is 1. The fraction of sp³-hybridized carbons (Fsp3) is 0.800. The molecule has 0 unspecified atom stereocenters. The van der Waals surface area contributed by atoms with Crippen molar-refractivity contribution in [2.45, 2.75) is 50.9 Å². The van der Waals surface area contributed by atoms with Crippen LogP contribution in [0.15, 0.2) is 0 Å². The van der Waals surface area contributed by atoms with Gasteiger partial charge in [-0.1, -0.05) is 11.6 Å². The molecule has 0 aromatic carbocycles. The summed E-state index contributed by atoms with van der Waals surface area (Å²) >= 11 is 5.86. The van der Waals surface area contributed by atoms with Crippen LogP contribution in [-0.2, 0) is 5.88 Å². The van der Waals surface area contributed by atoms with Crippen LogP contribution in [0.4, 0.5) is 0 Å². The highest BCUT2D eigenvalue weighted by molar-refractivity contribution is 6.16. The van der Waals surface area contributed by atoms with Crippen molar-refractivity contribution in [3.8, 4) is 0 Å². The lowest BCUT2D eigenvalue weighted by atomic mass is 9.82. The molecule has 1 aromatic rings. The molecule has 0 atom stereocenters. The molecule has 4 heteroatoms. The maximum Gasteiger partial charge on any atom is 0.101 e. The molecule has 0 saturated heterocycles. The van der Waals surface area contributed by atoms with Gasteiger partial charge in [0.25, 0.3) is 0 Å². The highest BCUT2D eigenvalue weighted by atomic mass is 35.5. The van der Waals surface area contributed by atoms with Gasteiger partial charge in [0.15, 0.2) is 0 Å². The molecule has 0 bridgehead atoms. The number of rotatable bonds is 3. The van der Waals surface area contributed by atoms with Crippen molar-refractivity contribution in [3.63, 3.8) is 0 Å². The Labute approximate surface area is 89.4 Å². The van der Waals surface area contributed by atoms with Crippen LogP contribution >= 0.6 is 11.6 Å². The standard InChI is InChI=1S/C10H16ClN3/c1-7(2)14-10(8-4-3-5-8)9(6-11)12-13-14/h7-8H,3-6H2,1-2H3. The van der Waals surface area contributed by atoms with Crippen LogP contribution in [0.25, 0.3) is 0 Å². The van der Waals surface area contributed by atoms with E-state index in [4.69, 9.17) is 11.6 Å². The Kier molecular flexibility index (Phi) is 2.77. The van der Waals surface area contributed by atoms with Gasteiger partial charge in [-0.05, 0) is 26.7 Å². The number of aromatic nitrogens is 3. The Morgan fingerprint density at radius 2 is 2.21 bits per heavy atom.